The first-order chi connectivity index (χ1) is 11.7. The molecule has 1 aromatic rings. The Kier molecular flexibility index (Phi) is 5.07. The maximum Gasteiger partial charge on any atom is 0.0459 e. The number of benzene rings is 1. The molecule has 3 aliphatic rings. The Morgan fingerprint density at radius 1 is 0.917 bits per heavy atom. The summed E-state index contributed by atoms with van der Waals surface area (Å²) in [6, 6.07) is 9.19. The molecule has 3 fully saturated rings. The van der Waals surface area contributed by atoms with Gasteiger partial charge >= 0.3 is 0 Å². The highest BCUT2D eigenvalue weighted by atomic mass is 79.9. The molecule has 1 N–H and O–H groups in total. The largest absolute Gasteiger partial charge is 0.396 e. The fraction of sp³-hybridized carbons (Fsp3) is 0.727. The highest BCUT2D eigenvalue weighted by Crippen LogP contribution is 2.59. The molecule has 0 amide bonds. The lowest BCUT2D eigenvalue weighted by Gasteiger charge is -2.32. The van der Waals surface area contributed by atoms with E-state index in [0.717, 1.165) is 17.8 Å². The summed E-state index contributed by atoms with van der Waals surface area (Å²) in [7, 11) is 0. The Bertz CT molecular complexity index is 546. The second-order valence-electron chi connectivity index (χ2n) is 8.90. The van der Waals surface area contributed by atoms with Crippen molar-refractivity contribution >= 4 is 15.9 Å². The molecule has 0 aromatic heterocycles. The molecule has 2 heteroatoms. The van der Waals surface area contributed by atoms with Gasteiger partial charge in [0.2, 0.25) is 0 Å². The van der Waals surface area contributed by atoms with Crippen LogP contribution in [0.15, 0.2) is 28.7 Å². The van der Waals surface area contributed by atoms with E-state index in [1.54, 1.807) is 5.56 Å². The van der Waals surface area contributed by atoms with Gasteiger partial charge in [-0.3, -0.25) is 0 Å². The van der Waals surface area contributed by atoms with Crippen LogP contribution in [-0.2, 0) is 5.41 Å². The number of aliphatic hydroxyl groups is 1. The molecule has 132 valence electrons. The van der Waals surface area contributed by atoms with E-state index in [1.807, 2.05) is 0 Å². The van der Waals surface area contributed by atoms with E-state index >= 15 is 0 Å². The van der Waals surface area contributed by atoms with Crippen LogP contribution in [0.25, 0.3) is 0 Å². The topological polar surface area (TPSA) is 20.2 Å². The molecule has 24 heavy (non-hydrogen) atoms. The van der Waals surface area contributed by atoms with Crippen LogP contribution < -0.4 is 0 Å². The lowest BCUT2D eigenvalue weighted by molar-refractivity contribution is 0.158. The monoisotopic (exact) mass is 390 g/mol. The molecular formula is C22H31BrO. The molecule has 0 radical (unpaired) electrons. The van der Waals surface area contributed by atoms with E-state index in [-0.39, 0.29) is 0 Å². The van der Waals surface area contributed by atoms with Gasteiger partial charge in [0.25, 0.3) is 0 Å². The molecule has 0 saturated heterocycles. The fourth-order valence-corrected chi connectivity index (χ4v) is 6.36. The summed E-state index contributed by atoms with van der Waals surface area (Å²) in [6.45, 7) is 0.410. The Balaban J connectivity index is 1.33. The van der Waals surface area contributed by atoms with E-state index in [1.165, 1.54) is 68.7 Å². The molecule has 3 saturated carbocycles. The smallest absolute Gasteiger partial charge is 0.0459 e. The summed E-state index contributed by atoms with van der Waals surface area (Å²) in [6.07, 6.45) is 13.9. The van der Waals surface area contributed by atoms with Crippen molar-refractivity contribution in [1.82, 2.24) is 0 Å². The first kappa shape index (κ1) is 17.1. The van der Waals surface area contributed by atoms with Crippen LogP contribution in [-0.4, -0.2) is 11.7 Å². The lowest BCUT2D eigenvalue weighted by atomic mass is 9.73. The van der Waals surface area contributed by atoms with Gasteiger partial charge in [-0.1, -0.05) is 47.3 Å². The molecule has 2 bridgehead atoms. The highest BCUT2D eigenvalue weighted by Gasteiger charge is 2.50. The lowest BCUT2D eigenvalue weighted by Crippen LogP contribution is -2.23. The SMILES string of the molecule is OCC1CCC(CC[C@@H]2CC3(c4ccc(Br)cc4)CCC2C3)CC1. The van der Waals surface area contributed by atoms with Crippen molar-refractivity contribution in [2.75, 3.05) is 6.61 Å². The second-order valence-corrected chi connectivity index (χ2v) is 9.82. The summed E-state index contributed by atoms with van der Waals surface area (Å²) in [5.74, 6) is 3.50. The van der Waals surface area contributed by atoms with Crippen LogP contribution in [0.4, 0.5) is 0 Å². The Morgan fingerprint density at radius 3 is 2.33 bits per heavy atom. The molecule has 1 aromatic carbocycles. The van der Waals surface area contributed by atoms with Crippen LogP contribution >= 0.6 is 15.9 Å². The first-order valence-electron chi connectivity index (χ1n) is 10.1. The number of hydrogen-bond acceptors (Lipinski definition) is 1. The van der Waals surface area contributed by atoms with E-state index < -0.39 is 0 Å². The molecule has 1 nitrogen and oxygen atoms in total. The van der Waals surface area contributed by atoms with Crippen molar-refractivity contribution in [2.24, 2.45) is 23.7 Å². The molecule has 0 heterocycles. The summed E-state index contributed by atoms with van der Waals surface area (Å²) < 4.78 is 1.20. The molecule has 2 unspecified atom stereocenters. The van der Waals surface area contributed by atoms with E-state index in [0.29, 0.717) is 17.9 Å². The number of hydrogen-bond donors (Lipinski definition) is 1. The average molecular weight is 391 g/mol. The third-order valence-electron chi connectivity index (χ3n) is 7.59. The first-order valence-corrected chi connectivity index (χ1v) is 10.8. The minimum atomic E-state index is 0.410. The van der Waals surface area contributed by atoms with Gasteiger partial charge in [0.05, 0.1) is 0 Å². The Hall–Kier alpha value is -0.340. The van der Waals surface area contributed by atoms with Crippen LogP contribution in [0.2, 0.25) is 0 Å². The van der Waals surface area contributed by atoms with Gasteiger partial charge in [-0.05, 0) is 91.7 Å². The number of aliphatic hydroxyl groups excluding tert-OH is 1. The van der Waals surface area contributed by atoms with Crippen molar-refractivity contribution < 1.29 is 5.11 Å². The third kappa shape index (κ3) is 3.33. The van der Waals surface area contributed by atoms with Crippen LogP contribution in [0, 0.1) is 23.7 Å². The van der Waals surface area contributed by atoms with Crippen molar-refractivity contribution in [2.45, 2.75) is 69.6 Å². The maximum atomic E-state index is 9.30. The normalized spacial score (nSPS) is 38.6. The van der Waals surface area contributed by atoms with Gasteiger partial charge < -0.3 is 5.11 Å². The average Bonchev–Trinajstić information content (AvgIpc) is 3.20. The van der Waals surface area contributed by atoms with Crippen LogP contribution in [0.3, 0.4) is 0 Å². The molecule has 3 atom stereocenters. The number of fused-ring (bicyclic) bond motifs is 2. The summed E-state index contributed by atoms with van der Waals surface area (Å²) in [4.78, 5) is 0. The predicted octanol–water partition coefficient (Wildman–Crippen LogP) is 6.09. The zero-order chi connectivity index (χ0) is 16.6. The molecule has 0 aliphatic heterocycles. The van der Waals surface area contributed by atoms with Gasteiger partial charge in [-0.2, -0.15) is 0 Å². The van der Waals surface area contributed by atoms with Gasteiger partial charge in [0.15, 0.2) is 0 Å². The van der Waals surface area contributed by atoms with Crippen molar-refractivity contribution in [3.63, 3.8) is 0 Å². The van der Waals surface area contributed by atoms with E-state index in [2.05, 4.69) is 40.2 Å². The van der Waals surface area contributed by atoms with Crippen molar-refractivity contribution in [3.8, 4) is 0 Å². The maximum absolute atomic E-state index is 9.30. The highest BCUT2D eigenvalue weighted by molar-refractivity contribution is 9.10. The van der Waals surface area contributed by atoms with Crippen molar-refractivity contribution in [1.29, 1.82) is 0 Å². The van der Waals surface area contributed by atoms with Crippen LogP contribution in [0.1, 0.15) is 69.8 Å². The van der Waals surface area contributed by atoms with Crippen LogP contribution in [0.5, 0.6) is 0 Å². The minimum absolute atomic E-state index is 0.410. The molecule has 0 spiro atoms. The standard InChI is InChI=1S/C22H31BrO/c23-21-9-7-20(8-10-21)22-12-11-19(14-22)18(13-22)6-5-16-1-3-17(15-24)4-2-16/h7-10,16-19,24H,1-6,11-15H2/t16?,17?,18-,19?,22?/m1/s1. The van der Waals surface area contributed by atoms with Crippen molar-refractivity contribution in [3.05, 3.63) is 34.3 Å². The molecular weight excluding hydrogens is 360 g/mol. The summed E-state index contributed by atoms with van der Waals surface area (Å²) in [5, 5.41) is 9.30. The molecule has 4 rings (SSSR count). The summed E-state index contributed by atoms with van der Waals surface area (Å²) >= 11 is 3.58. The van der Waals surface area contributed by atoms with Gasteiger partial charge in [-0.25, -0.2) is 0 Å². The van der Waals surface area contributed by atoms with Gasteiger partial charge in [0, 0.05) is 11.1 Å². The second kappa shape index (κ2) is 7.11. The number of rotatable bonds is 5. The van der Waals surface area contributed by atoms with Gasteiger partial charge in [0.1, 0.15) is 0 Å². The van der Waals surface area contributed by atoms with E-state index in [4.69, 9.17) is 0 Å². The Labute approximate surface area is 155 Å². The minimum Gasteiger partial charge on any atom is -0.396 e. The number of halogens is 1. The van der Waals surface area contributed by atoms with E-state index in [9.17, 15) is 5.11 Å². The zero-order valence-electron chi connectivity index (χ0n) is 14.7. The zero-order valence-corrected chi connectivity index (χ0v) is 16.3. The van der Waals surface area contributed by atoms with Gasteiger partial charge in [-0.15, -0.1) is 0 Å². The summed E-state index contributed by atoms with van der Waals surface area (Å²) in [5.41, 5.74) is 2.10. The molecule has 3 aliphatic carbocycles. The Morgan fingerprint density at radius 2 is 1.62 bits per heavy atom. The predicted molar refractivity (Wildman–Crippen MR) is 103 cm³/mol. The fourth-order valence-electron chi connectivity index (χ4n) is 6.10. The quantitative estimate of drug-likeness (QED) is 0.644. The third-order valence-corrected chi connectivity index (χ3v) is 8.12.